The van der Waals surface area contributed by atoms with Crippen molar-refractivity contribution >= 4 is 24.8 Å². The number of pyridine rings is 1. The van der Waals surface area contributed by atoms with Crippen LogP contribution in [0.4, 0.5) is 0 Å². The quantitative estimate of drug-likeness (QED) is 0.212. The number of rotatable bonds is 6. The minimum atomic E-state index is 0. The van der Waals surface area contributed by atoms with Crippen LogP contribution in [0.3, 0.4) is 0 Å². The number of halogens is 2. The molecule has 2 aliphatic heterocycles. The first-order valence-electron chi connectivity index (χ1n) is 16.2. The first-order chi connectivity index (χ1) is 21.9. The summed E-state index contributed by atoms with van der Waals surface area (Å²) >= 11 is 0. The summed E-state index contributed by atoms with van der Waals surface area (Å²) in [4.78, 5) is 4.10. The van der Waals surface area contributed by atoms with E-state index in [-0.39, 0.29) is 24.8 Å². The SMILES string of the molecule is COc1cc(-c2cccnc2)ccc1C.COc1cc([C@@H]2CCCNC2)ccc1C.COc1cc([C@H]2CCCNC2)ccc1C.Cl.Cl. The summed E-state index contributed by atoms with van der Waals surface area (Å²) in [6.45, 7) is 10.7. The average molecular weight is 683 g/mol. The molecule has 0 radical (unpaired) electrons. The Bertz CT molecular complexity index is 1410. The second-order valence-corrected chi connectivity index (χ2v) is 12.0. The van der Waals surface area contributed by atoms with Crippen LogP contribution in [0.15, 0.2) is 79.1 Å². The number of hydrogen-bond donors (Lipinski definition) is 2. The van der Waals surface area contributed by atoms with Gasteiger partial charge in [-0.1, -0.05) is 42.5 Å². The van der Waals surface area contributed by atoms with Gasteiger partial charge in [0.15, 0.2) is 0 Å². The molecule has 0 amide bonds. The van der Waals surface area contributed by atoms with Crippen molar-refractivity contribution in [2.24, 2.45) is 0 Å². The number of aromatic nitrogens is 1. The zero-order chi connectivity index (χ0) is 32.0. The van der Waals surface area contributed by atoms with Crippen molar-refractivity contribution in [3.63, 3.8) is 0 Å². The van der Waals surface area contributed by atoms with Gasteiger partial charge < -0.3 is 24.8 Å². The lowest BCUT2D eigenvalue weighted by Gasteiger charge is -2.23. The summed E-state index contributed by atoms with van der Waals surface area (Å²) in [5.41, 5.74) is 8.62. The van der Waals surface area contributed by atoms with Crippen LogP contribution in [-0.4, -0.2) is 52.5 Å². The maximum atomic E-state index is 5.36. The van der Waals surface area contributed by atoms with Gasteiger partial charge in [-0.2, -0.15) is 0 Å². The topological polar surface area (TPSA) is 64.6 Å². The van der Waals surface area contributed by atoms with Crippen molar-refractivity contribution in [3.05, 3.63) is 107 Å². The van der Waals surface area contributed by atoms with Crippen molar-refractivity contribution < 1.29 is 14.2 Å². The Balaban J connectivity index is 0.000000240. The molecule has 2 atom stereocenters. The van der Waals surface area contributed by atoms with Gasteiger partial charge >= 0.3 is 0 Å². The molecule has 2 saturated heterocycles. The van der Waals surface area contributed by atoms with Gasteiger partial charge in [-0.25, -0.2) is 0 Å². The van der Waals surface area contributed by atoms with Gasteiger partial charge in [0.25, 0.3) is 0 Å². The average Bonchev–Trinajstić information content (AvgIpc) is 3.10. The fourth-order valence-electron chi connectivity index (χ4n) is 5.99. The molecule has 3 aromatic carbocycles. The van der Waals surface area contributed by atoms with E-state index in [1.165, 1.54) is 61.0 Å². The minimum absolute atomic E-state index is 0. The van der Waals surface area contributed by atoms with Crippen LogP contribution in [0.1, 0.15) is 65.3 Å². The van der Waals surface area contributed by atoms with Crippen LogP contribution in [0.5, 0.6) is 17.2 Å². The first kappa shape index (κ1) is 39.9. The number of methoxy groups -OCH3 is 3. The van der Waals surface area contributed by atoms with Crippen LogP contribution in [0.25, 0.3) is 11.1 Å². The Morgan fingerprint density at radius 3 is 1.47 bits per heavy atom. The number of aryl methyl sites for hydroxylation is 3. The van der Waals surface area contributed by atoms with E-state index in [9.17, 15) is 0 Å². The molecule has 8 heteroatoms. The first-order valence-corrected chi connectivity index (χ1v) is 16.2. The Morgan fingerprint density at radius 2 is 1.06 bits per heavy atom. The Kier molecular flexibility index (Phi) is 17.7. The van der Waals surface area contributed by atoms with Crippen LogP contribution in [0, 0.1) is 20.8 Å². The van der Waals surface area contributed by atoms with Crippen molar-refractivity contribution in [1.82, 2.24) is 15.6 Å². The third kappa shape index (κ3) is 11.7. The molecule has 6 nitrogen and oxygen atoms in total. The molecule has 6 rings (SSSR count). The van der Waals surface area contributed by atoms with Gasteiger partial charge in [-0.05, 0) is 129 Å². The van der Waals surface area contributed by atoms with Crippen LogP contribution in [0.2, 0.25) is 0 Å². The normalized spacial score (nSPS) is 16.8. The molecular formula is C39H53Cl2N3O3. The summed E-state index contributed by atoms with van der Waals surface area (Å²) in [5, 5.41) is 6.89. The third-order valence-electron chi connectivity index (χ3n) is 8.80. The molecule has 2 aliphatic rings. The van der Waals surface area contributed by atoms with Crippen molar-refractivity contribution in [3.8, 4) is 28.4 Å². The van der Waals surface area contributed by atoms with E-state index in [1.54, 1.807) is 27.5 Å². The molecule has 0 aliphatic carbocycles. The minimum Gasteiger partial charge on any atom is -0.496 e. The number of hydrogen-bond acceptors (Lipinski definition) is 6. The lowest BCUT2D eigenvalue weighted by Crippen LogP contribution is -2.28. The number of nitrogens with zero attached hydrogens (tertiary/aromatic N) is 1. The largest absolute Gasteiger partial charge is 0.496 e. The second-order valence-electron chi connectivity index (χ2n) is 12.0. The maximum absolute atomic E-state index is 5.36. The summed E-state index contributed by atoms with van der Waals surface area (Å²) in [6, 6.07) is 23.3. The van der Waals surface area contributed by atoms with E-state index in [0.29, 0.717) is 11.8 Å². The number of nitrogens with one attached hydrogen (secondary N) is 2. The molecule has 0 saturated carbocycles. The highest BCUT2D eigenvalue weighted by Gasteiger charge is 2.17. The predicted octanol–water partition coefficient (Wildman–Crippen LogP) is 8.85. The third-order valence-corrected chi connectivity index (χ3v) is 8.80. The molecule has 4 aromatic rings. The highest BCUT2D eigenvalue weighted by molar-refractivity contribution is 5.85. The Hall–Kier alpha value is -3.29. The lowest BCUT2D eigenvalue weighted by atomic mass is 9.91. The smallest absolute Gasteiger partial charge is 0.122 e. The predicted molar refractivity (Wildman–Crippen MR) is 201 cm³/mol. The fourth-order valence-corrected chi connectivity index (χ4v) is 5.99. The van der Waals surface area contributed by atoms with Crippen molar-refractivity contribution in [1.29, 1.82) is 0 Å². The highest BCUT2D eigenvalue weighted by atomic mass is 35.5. The van der Waals surface area contributed by atoms with E-state index < -0.39 is 0 Å². The molecule has 256 valence electrons. The molecule has 0 spiro atoms. The Morgan fingerprint density at radius 1 is 0.596 bits per heavy atom. The number of benzene rings is 3. The molecule has 0 bridgehead atoms. The van der Waals surface area contributed by atoms with Crippen LogP contribution >= 0.6 is 24.8 Å². The van der Waals surface area contributed by atoms with Gasteiger partial charge in [0.05, 0.1) is 21.3 Å². The van der Waals surface area contributed by atoms with Gasteiger partial charge in [0.1, 0.15) is 17.2 Å². The number of piperidine rings is 2. The standard InChI is InChI=1S/2C13H19NO.C13H13NO.2ClH/c3*1-10-5-6-11(8-13(10)15-2)12-4-3-7-14-9-12;;/h2*5-6,8,12,14H,3-4,7,9H2,1-2H3;3-9H,1-2H3;2*1H/t2*12-;;;/m10.../s1. The zero-order valence-corrected chi connectivity index (χ0v) is 30.4. The molecule has 3 heterocycles. The molecule has 1 aromatic heterocycles. The summed E-state index contributed by atoms with van der Waals surface area (Å²) in [5.74, 6) is 4.26. The lowest BCUT2D eigenvalue weighted by molar-refractivity contribution is 0.408. The van der Waals surface area contributed by atoms with Crippen molar-refractivity contribution in [2.45, 2.75) is 58.3 Å². The van der Waals surface area contributed by atoms with Gasteiger partial charge in [0.2, 0.25) is 0 Å². The fraction of sp³-hybridized carbons (Fsp3) is 0.410. The van der Waals surface area contributed by atoms with E-state index in [1.807, 2.05) is 31.3 Å². The Labute approximate surface area is 294 Å². The van der Waals surface area contributed by atoms with Crippen LogP contribution in [-0.2, 0) is 0 Å². The number of ether oxygens (including phenoxy) is 3. The van der Waals surface area contributed by atoms with E-state index in [0.717, 1.165) is 47.0 Å². The van der Waals surface area contributed by atoms with E-state index in [2.05, 4.69) is 78.0 Å². The molecule has 2 fully saturated rings. The molecule has 2 N–H and O–H groups in total. The zero-order valence-electron chi connectivity index (χ0n) is 28.8. The summed E-state index contributed by atoms with van der Waals surface area (Å²) < 4.78 is 16.0. The highest BCUT2D eigenvalue weighted by Crippen LogP contribution is 2.30. The molecule has 47 heavy (non-hydrogen) atoms. The molecular weight excluding hydrogens is 629 g/mol. The summed E-state index contributed by atoms with van der Waals surface area (Å²) in [7, 11) is 5.17. The second kappa shape index (κ2) is 20.8. The van der Waals surface area contributed by atoms with Gasteiger partial charge in [-0.15, -0.1) is 24.8 Å². The van der Waals surface area contributed by atoms with Gasteiger partial charge in [0, 0.05) is 31.0 Å². The van der Waals surface area contributed by atoms with Gasteiger partial charge in [-0.3, -0.25) is 4.98 Å². The maximum Gasteiger partial charge on any atom is 0.122 e. The summed E-state index contributed by atoms with van der Waals surface area (Å²) in [6.07, 6.45) is 8.76. The van der Waals surface area contributed by atoms with E-state index in [4.69, 9.17) is 14.2 Å². The van der Waals surface area contributed by atoms with Crippen LogP contribution < -0.4 is 24.8 Å². The molecule has 0 unspecified atom stereocenters. The van der Waals surface area contributed by atoms with E-state index >= 15 is 0 Å². The van der Waals surface area contributed by atoms with Crippen molar-refractivity contribution in [2.75, 3.05) is 47.5 Å². The monoisotopic (exact) mass is 681 g/mol.